The number of nitrogens with one attached hydrogen (secondary N) is 2. The molecule has 170 valence electrons. The molecule has 0 spiro atoms. The van der Waals surface area contributed by atoms with Gasteiger partial charge in [0.2, 0.25) is 5.91 Å². The molecule has 0 bridgehead atoms. The molecule has 0 saturated carbocycles. The normalized spacial score (nSPS) is 11.4. The molecule has 0 aromatic heterocycles. The second-order valence-electron chi connectivity index (χ2n) is 7.44. The van der Waals surface area contributed by atoms with Crippen LogP contribution < -0.4 is 10.6 Å². The van der Waals surface area contributed by atoms with Crippen LogP contribution in [0.2, 0.25) is 0 Å². The van der Waals surface area contributed by atoms with E-state index in [1.165, 1.54) is 0 Å². The average Bonchev–Trinajstić information content (AvgIpc) is 2.77. The Morgan fingerprint density at radius 1 is 0.844 bits per heavy atom. The van der Waals surface area contributed by atoms with Gasteiger partial charge in [0.1, 0.15) is 0 Å². The van der Waals surface area contributed by atoms with Gasteiger partial charge in [-0.25, -0.2) is 4.79 Å². The molecular formula is C24H28N2O6. The van der Waals surface area contributed by atoms with Crippen LogP contribution in [0.25, 0.3) is 0 Å². The van der Waals surface area contributed by atoms with Crippen molar-refractivity contribution in [3.8, 4) is 0 Å². The third-order valence-corrected chi connectivity index (χ3v) is 4.34. The van der Waals surface area contributed by atoms with E-state index in [2.05, 4.69) is 10.6 Å². The summed E-state index contributed by atoms with van der Waals surface area (Å²) in [6, 6.07) is 15.4. The van der Waals surface area contributed by atoms with Crippen molar-refractivity contribution in [2.75, 3.05) is 11.9 Å². The van der Waals surface area contributed by atoms with E-state index in [0.29, 0.717) is 11.3 Å². The summed E-state index contributed by atoms with van der Waals surface area (Å²) in [5, 5.41) is 5.38. The number of hydrogen-bond donors (Lipinski definition) is 2. The van der Waals surface area contributed by atoms with E-state index in [0.717, 1.165) is 5.56 Å². The molecule has 0 unspecified atom stereocenters. The van der Waals surface area contributed by atoms with E-state index in [4.69, 9.17) is 9.47 Å². The fourth-order valence-electron chi connectivity index (χ4n) is 2.74. The highest BCUT2D eigenvalue weighted by molar-refractivity contribution is 5.94. The number of amides is 2. The summed E-state index contributed by atoms with van der Waals surface area (Å²) in [6.07, 6.45) is -0.482. The van der Waals surface area contributed by atoms with E-state index in [1.807, 2.05) is 37.3 Å². The van der Waals surface area contributed by atoms with Gasteiger partial charge < -0.3 is 20.1 Å². The third kappa shape index (κ3) is 8.59. The highest BCUT2D eigenvalue weighted by atomic mass is 16.5. The molecule has 1 atom stereocenters. The largest absolute Gasteiger partial charge is 0.459 e. The number of carbonyl (C=O) groups excluding carboxylic acids is 4. The van der Waals surface area contributed by atoms with Gasteiger partial charge in [-0.05, 0) is 50.6 Å². The minimum absolute atomic E-state index is 0.0992. The summed E-state index contributed by atoms with van der Waals surface area (Å²) >= 11 is 0. The van der Waals surface area contributed by atoms with Gasteiger partial charge in [-0.3, -0.25) is 14.4 Å². The first kappa shape index (κ1) is 24.6. The Morgan fingerprint density at radius 3 is 2.12 bits per heavy atom. The summed E-state index contributed by atoms with van der Waals surface area (Å²) in [5.74, 6) is -1.89. The third-order valence-electron chi connectivity index (χ3n) is 4.34. The van der Waals surface area contributed by atoms with Gasteiger partial charge in [-0.15, -0.1) is 0 Å². The molecule has 2 aromatic carbocycles. The minimum Gasteiger partial charge on any atom is -0.459 e. The lowest BCUT2D eigenvalue weighted by atomic mass is 10.1. The Hall–Kier alpha value is -3.68. The summed E-state index contributed by atoms with van der Waals surface area (Å²) in [6.45, 7) is 4.94. The summed E-state index contributed by atoms with van der Waals surface area (Å²) in [4.78, 5) is 47.6. The van der Waals surface area contributed by atoms with Crippen molar-refractivity contribution >= 4 is 29.4 Å². The smallest absolute Gasteiger partial charge is 0.338 e. The average molecular weight is 440 g/mol. The molecule has 0 fully saturated rings. The molecule has 8 nitrogen and oxygen atoms in total. The fraction of sp³-hybridized carbons (Fsp3) is 0.333. The van der Waals surface area contributed by atoms with E-state index in [9.17, 15) is 19.2 Å². The first-order valence-electron chi connectivity index (χ1n) is 10.4. The lowest BCUT2D eigenvalue weighted by molar-refractivity contribution is -0.149. The van der Waals surface area contributed by atoms with Crippen molar-refractivity contribution in [3.05, 3.63) is 65.7 Å². The number of hydrogen-bond acceptors (Lipinski definition) is 6. The molecular weight excluding hydrogens is 412 g/mol. The first-order chi connectivity index (χ1) is 15.2. The van der Waals surface area contributed by atoms with E-state index in [1.54, 1.807) is 38.1 Å². The van der Waals surface area contributed by atoms with Crippen molar-refractivity contribution in [2.24, 2.45) is 0 Å². The number of carbonyl (C=O) groups is 4. The van der Waals surface area contributed by atoms with Crippen LogP contribution in [0.5, 0.6) is 0 Å². The maximum Gasteiger partial charge on any atom is 0.338 e. The number of anilines is 1. The van der Waals surface area contributed by atoms with Gasteiger partial charge in [0, 0.05) is 12.1 Å². The van der Waals surface area contributed by atoms with Crippen molar-refractivity contribution in [2.45, 2.75) is 45.8 Å². The quantitative estimate of drug-likeness (QED) is 0.548. The molecule has 2 aromatic rings. The van der Waals surface area contributed by atoms with Crippen LogP contribution in [-0.2, 0) is 23.9 Å². The molecule has 0 radical (unpaired) electrons. The molecule has 2 N–H and O–H groups in total. The van der Waals surface area contributed by atoms with Crippen LogP contribution in [-0.4, -0.2) is 36.5 Å². The Bertz CT molecular complexity index is 925. The van der Waals surface area contributed by atoms with Crippen molar-refractivity contribution in [1.82, 2.24) is 5.32 Å². The van der Waals surface area contributed by atoms with Gasteiger partial charge in [-0.2, -0.15) is 0 Å². The topological polar surface area (TPSA) is 111 Å². The van der Waals surface area contributed by atoms with E-state index in [-0.39, 0.29) is 30.9 Å². The maximum absolute atomic E-state index is 12.0. The molecule has 32 heavy (non-hydrogen) atoms. The molecule has 2 amide bonds. The first-order valence-corrected chi connectivity index (χ1v) is 10.4. The predicted octanol–water partition coefficient (Wildman–Crippen LogP) is 3.39. The lowest BCUT2D eigenvalue weighted by Gasteiger charge is -2.14. The van der Waals surface area contributed by atoms with Crippen LogP contribution in [0.3, 0.4) is 0 Å². The number of benzene rings is 2. The zero-order valence-electron chi connectivity index (χ0n) is 18.4. The van der Waals surface area contributed by atoms with Crippen molar-refractivity contribution < 1.29 is 28.7 Å². The molecule has 0 aliphatic rings. The van der Waals surface area contributed by atoms with Crippen LogP contribution in [0.4, 0.5) is 5.69 Å². The zero-order chi connectivity index (χ0) is 23.5. The summed E-state index contributed by atoms with van der Waals surface area (Å²) in [7, 11) is 0. The van der Waals surface area contributed by atoms with Gasteiger partial charge in [0.25, 0.3) is 5.91 Å². The molecule has 0 saturated heterocycles. The summed E-state index contributed by atoms with van der Waals surface area (Å²) < 4.78 is 10.0. The van der Waals surface area contributed by atoms with Crippen LogP contribution in [0.1, 0.15) is 55.6 Å². The minimum atomic E-state index is -0.644. The van der Waals surface area contributed by atoms with Crippen LogP contribution >= 0.6 is 0 Å². The van der Waals surface area contributed by atoms with Gasteiger partial charge >= 0.3 is 11.9 Å². The molecule has 8 heteroatoms. The van der Waals surface area contributed by atoms with Crippen LogP contribution in [0.15, 0.2) is 54.6 Å². The summed E-state index contributed by atoms with van der Waals surface area (Å²) in [5.41, 5.74) is 1.80. The van der Waals surface area contributed by atoms with Crippen molar-refractivity contribution in [3.63, 3.8) is 0 Å². The maximum atomic E-state index is 12.0. The Balaban J connectivity index is 1.68. The fourth-order valence-corrected chi connectivity index (χ4v) is 2.74. The lowest BCUT2D eigenvalue weighted by Crippen LogP contribution is -2.31. The molecule has 2 rings (SSSR count). The monoisotopic (exact) mass is 440 g/mol. The second-order valence-corrected chi connectivity index (χ2v) is 7.44. The Kier molecular flexibility index (Phi) is 9.41. The Labute approximate surface area is 187 Å². The van der Waals surface area contributed by atoms with Crippen LogP contribution in [0, 0.1) is 0 Å². The van der Waals surface area contributed by atoms with Gasteiger partial charge in [0.15, 0.2) is 6.61 Å². The second kappa shape index (κ2) is 12.2. The molecule has 0 aliphatic carbocycles. The number of rotatable bonds is 10. The Morgan fingerprint density at radius 2 is 1.50 bits per heavy atom. The van der Waals surface area contributed by atoms with Gasteiger partial charge in [-0.1, -0.05) is 30.3 Å². The highest BCUT2D eigenvalue weighted by Gasteiger charge is 2.14. The van der Waals surface area contributed by atoms with Gasteiger partial charge in [0.05, 0.1) is 24.1 Å². The predicted molar refractivity (Wildman–Crippen MR) is 119 cm³/mol. The van der Waals surface area contributed by atoms with E-state index >= 15 is 0 Å². The SMILES string of the molecule is CC(C)OC(=O)c1ccc(NC(=O)CCC(=O)OCC(=O)N[C@@H](C)c2ccccc2)cc1. The number of esters is 2. The van der Waals surface area contributed by atoms with Crippen molar-refractivity contribution in [1.29, 1.82) is 0 Å². The molecule has 0 heterocycles. The molecule has 0 aliphatic heterocycles. The standard InChI is InChI=1S/C24H28N2O6/c1-16(2)32-24(30)19-9-11-20(12-10-19)26-21(27)13-14-23(29)31-15-22(28)25-17(3)18-7-5-4-6-8-18/h4-12,16-17H,13-15H2,1-3H3,(H,25,28)(H,26,27)/t17-/m0/s1. The highest BCUT2D eigenvalue weighted by Crippen LogP contribution is 2.13. The zero-order valence-corrected chi connectivity index (χ0v) is 18.4. The van der Waals surface area contributed by atoms with E-state index < -0.39 is 24.5 Å². The number of ether oxygens (including phenoxy) is 2.